The van der Waals surface area contributed by atoms with Crippen LogP contribution in [0.1, 0.15) is 10.5 Å². The fourth-order valence-electron chi connectivity index (χ4n) is 1.88. The van der Waals surface area contributed by atoms with Gasteiger partial charge in [-0.3, -0.25) is 4.79 Å². The summed E-state index contributed by atoms with van der Waals surface area (Å²) in [6.45, 7) is 0. The van der Waals surface area contributed by atoms with Crippen LogP contribution in [0.25, 0.3) is 20.9 Å². The summed E-state index contributed by atoms with van der Waals surface area (Å²) in [7, 11) is 0. The molecular formula is C12H8N2OS. The number of carbonyl (C=O) groups excluding carboxylic acids is 1. The van der Waals surface area contributed by atoms with Crippen molar-refractivity contribution in [3.8, 4) is 0 Å². The van der Waals surface area contributed by atoms with Crippen LogP contribution < -0.4 is 5.73 Å². The average molecular weight is 228 g/mol. The van der Waals surface area contributed by atoms with Gasteiger partial charge in [-0.2, -0.15) is 4.37 Å². The molecule has 0 fully saturated rings. The third-order valence-electron chi connectivity index (χ3n) is 2.60. The molecule has 16 heavy (non-hydrogen) atoms. The first kappa shape index (κ1) is 9.30. The molecule has 0 aliphatic rings. The number of amides is 1. The van der Waals surface area contributed by atoms with Gasteiger partial charge in [0.1, 0.15) is 5.69 Å². The Morgan fingerprint density at radius 2 is 2.00 bits per heavy atom. The van der Waals surface area contributed by atoms with Gasteiger partial charge in [-0.1, -0.05) is 30.3 Å². The van der Waals surface area contributed by atoms with E-state index in [2.05, 4.69) is 4.37 Å². The van der Waals surface area contributed by atoms with E-state index in [1.165, 1.54) is 11.5 Å². The van der Waals surface area contributed by atoms with Crippen LogP contribution in [0.3, 0.4) is 0 Å². The van der Waals surface area contributed by atoms with Gasteiger partial charge >= 0.3 is 0 Å². The van der Waals surface area contributed by atoms with Crippen molar-refractivity contribution in [1.29, 1.82) is 0 Å². The van der Waals surface area contributed by atoms with Crippen molar-refractivity contribution >= 4 is 38.3 Å². The molecule has 0 saturated heterocycles. The molecular weight excluding hydrogens is 220 g/mol. The highest BCUT2D eigenvalue weighted by Gasteiger charge is 2.13. The lowest BCUT2D eigenvalue weighted by Crippen LogP contribution is -2.11. The second-order valence-corrected chi connectivity index (χ2v) is 4.36. The quantitative estimate of drug-likeness (QED) is 0.695. The zero-order valence-corrected chi connectivity index (χ0v) is 9.12. The molecule has 3 nitrogen and oxygen atoms in total. The number of nitrogens with two attached hydrogens (primary N) is 1. The number of hydrogen-bond donors (Lipinski definition) is 1. The van der Waals surface area contributed by atoms with Crippen LogP contribution in [0, 0.1) is 0 Å². The first-order chi connectivity index (χ1) is 7.77. The lowest BCUT2D eigenvalue weighted by molar-refractivity contribution is 0.0998. The predicted octanol–water partition coefficient (Wildman–Crippen LogP) is 2.55. The van der Waals surface area contributed by atoms with Crippen LogP contribution in [-0.2, 0) is 0 Å². The minimum atomic E-state index is -0.470. The van der Waals surface area contributed by atoms with Gasteiger partial charge in [0.05, 0.1) is 4.70 Å². The molecule has 0 unspecified atom stereocenters. The molecule has 0 bridgehead atoms. The smallest absolute Gasteiger partial charge is 0.269 e. The van der Waals surface area contributed by atoms with Gasteiger partial charge in [0, 0.05) is 5.39 Å². The van der Waals surface area contributed by atoms with E-state index in [1.54, 1.807) is 0 Å². The summed E-state index contributed by atoms with van der Waals surface area (Å²) in [5.41, 5.74) is 5.69. The largest absolute Gasteiger partial charge is 0.364 e. The van der Waals surface area contributed by atoms with E-state index >= 15 is 0 Å². The van der Waals surface area contributed by atoms with Gasteiger partial charge < -0.3 is 5.73 Å². The summed E-state index contributed by atoms with van der Waals surface area (Å²) in [5, 5.41) is 3.00. The molecule has 0 atom stereocenters. The van der Waals surface area contributed by atoms with Crippen molar-refractivity contribution in [1.82, 2.24) is 4.37 Å². The van der Waals surface area contributed by atoms with Gasteiger partial charge in [0.2, 0.25) is 0 Å². The number of nitrogens with zero attached hydrogens (tertiary/aromatic N) is 1. The summed E-state index contributed by atoms with van der Waals surface area (Å²) in [5.74, 6) is -0.470. The van der Waals surface area contributed by atoms with E-state index in [-0.39, 0.29) is 0 Å². The number of primary amides is 1. The highest BCUT2D eigenvalue weighted by Crippen LogP contribution is 2.30. The summed E-state index contributed by atoms with van der Waals surface area (Å²) < 4.78 is 5.11. The van der Waals surface area contributed by atoms with E-state index in [4.69, 9.17) is 5.73 Å². The van der Waals surface area contributed by atoms with Crippen LogP contribution in [-0.4, -0.2) is 10.3 Å². The molecule has 1 aromatic heterocycles. The molecule has 3 aromatic rings. The number of benzene rings is 2. The molecule has 2 N–H and O–H groups in total. The van der Waals surface area contributed by atoms with E-state index in [0.29, 0.717) is 5.69 Å². The number of aromatic nitrogens is 1. The fraction of sp³-hybridized carbons (Fsp3) is 0. The van der Waals surface area contributed by atoms with Crippen LogP contribution in [0.4, 0.5) is 0 Å². The second-order valence-electron chi connectivity index (χ2n) is 3.56. The van der Waals surface area contributed by atoms with Crippen molar-refractivity contribution < 1.29 is 4.79 Å². The molecule has 4 heteroatoms. The second kappa shape index (κ2) is 3.28. The van der Waals surface area contributed by atoms with Gasteiger partial charge in [0.25, 0.3) is 5.91 Å². The Kier molecular flexibility index (Phi) is 1.91. The third-order valence-corrected chi connectivity index (χ3v) is 3.41. The molecule has 3 rings (SSSR count). The highest BCUT2D eigenvalue weighted by atomic mass is 32.1. The minimum absolute atomic E-state index is 0.372. The third kappa shape index (κ3) is 1.20. The Bertz CT molecular complexity index is 702. The number of hydrogen-bond acceptors (Lipinski definition) is 3. The normalized spacial score (nSPS) is 11.0. The van der Waals surface area contributed by atoms with Gasteiger partial charge in [0.15, 0.2) is 0 Å². The topological polar surface area (TPSA) is 56.0 Å². The SMILES string of the molecule is NC(=O)c1nsc2ccc3ccccc3c12. The van der Waals surface area contributed by atoms with Crippen LogP contribution in [0.15, 0.2) is 36.4 Å². The summed E-state index contributed by atoms with van der Waals surface area (Å²) in [4.78, 5) is 11.3. The number of fused-ring (bicyclic) bond motifs is 3. The maximum atomic E-state index is 11.3. The van der Waals surface area contributed by atoms with Crippen molar-refractivity contribution in [2.75, 3.05) is 0 Å². The Labute approximate surface area is 95.7 Å². The van der Waals surface area contributed by atoms with Crippen LogP contribution in [0.5, 0.6) is 0 Å². The van der Waals surface area contributed by atoms with Gasteiger partial charge in [-0.05, 0) is 28.4 Å². The molecule has 1 heterocycles. The Morgan fingerprint density at radius 1 is 1.19 bits per heavy atom. The van der Waals surface area contributed by atoms with Crippen molar-refractivity contribution in [3.05, 3.63) is 42.1 Å². The Hall–Kier alpha value is -1.94. The highest BCUT2D eigenvalue weighted by molar-refractivity contribution is 7.13. The number of carbonyl (C=O) groups is 1. The molecule has 0 radical (unpaired) electrons. The van der Waals surface area contributed by atoms with E-state index in [1.807, 2.05) is 36.4 Å². The molecule has 78 valence electrons. The predicted molar refractivity (Wildman–Crippen MR) is 65.6 cm³/mol. The molecule has 0 aliphatic heterocycles. The van der Waals surface area contributed by atoms with Crippen LogP contribution in [0.2, 0.25) is 0 Å². The van der Waals surface area contributed by atoms with Crippen molar-refractivity contribution in [2.45, 2.75) is 0 Å². The maximum Gasteiger partial charge on any atom is 0.269 e. The van der Waals surface area contributed by atoms with E-state index in [0.717, 1.165) is 20.9 Å². The first-order valence-electron chi connectivity index (χ1n) is 4.84. The van der Waals surface area contributed by atoms with Gasteiger partial charge in [-0.25, -0.2) is 0 Å². The zero-order chi connectivity index (χ0) is 11.1. The van der Waals surface area contributed by atoms with E-state index < -0.39 is 5.91 Å². The van der Waals surface area contributed by atoms with Crippen molar-refractivity contribution in [2.24, 2.45) is 5.73 Å². The summed E-state index contributed by atoms with van der Waals surface area (Å²) in [6.07, 6.45) is 0. The number of rotatable bonds is 1. The van der Waals surface area contributed by atoms with Gasteiger partial charge in [-0.15, -0.1) is 0 Å². The van der Waals surface area contributed by atoms with Crippen molar-refractivity contribution in [3.63, 3.8) is 0 Å². The lowest BCUT2D eigenvalue weighted by Gasteiger charge is -1.99. The zero-order valence-electron chi connectivity index (χ0n) is 8.31. The minimum Gasteiger partial charge on any atom is -0.364 e. The van der Waals surface area contributed by atoms with E-state index in [9.17, 15) is 4.79 Å². The lowest BCUT2D eigenvalue weighted by atomic mass is 10.1. The molecule has 0 aliphatic carbocycles. The maximum absolute atomic E-state index is 11.3. The molecule has 2 aromatic carbocycles. The first-order valence-corrected chi connectivity index (χ1v) is 5.61. The summed E-state index contributed by atoms with van der Waals surface area (Å²) in [6, 6.07) is 11.9. The Morgan fingerprint density at radius 3 is 2.81 bits per heavy atom. The fourth-order valence-corrected chi connectivity index (χ4v) is 2.68. The summed E-state index contributed by atoms with van der Waals surface area (Å²) >= 11 is 1.31. The average Bonchev–Trinajstić information content (AvgIpc) is 2.73. The monoisotopic (exact) mass is 228 g/mol. The molecule has 0 saturated carbocycles. The van der Waals surface area contributed by atoms with Crippen LogP contribution >= 0.6 is 11.5 Å². The standard InChI is InChI=1S/C12H8N2OS/c13-12(15)11-10-8-4-2-1-3-7(8)5-6-9(10)16-14-11/h1-6H,(H2,13,15). The molecule has 0 spiro atoms. The Balaban J connectivity index is 2.56. The molecule has 1 amide bonds.